The number of hydrogen-bond donors (Lipinski definition) is 3. The van der Waals surface area contributed by atoms with Gasteiger partial charge < -0.3 is 16.0 Å². The lowest BCUT2D eigenvalue weighted by atomic mass is 10.1. The second-order valence-corrected chi connectivity index (χ2v) is 7.15. The van der Waals surface area contributed by atoms with Crippen LogP contribution in [0.5, 0.6) is 0 Å². The van der Waals surface area contributed by atoms with Gasteiger partial charge in [0.15, 0.2) is 11.7 Å². The zero-order valence-electron chi connectivity index (χ0n) is 16.3. The molecule has 2 aromatic rings. The van der Waals surface area contributed by atoms with E-state index < -0.39 is 11.9 Å². The van der Waals surface area contributed by atoms with E-state index >= 15 is 0 Å². The Labute approximate surface area is 171 Å². The molecule has 0 aliphatic rings. The molecule has 10 heteroatoms. The molecule has 3 N–H and O–H groups in total. The van der Waals surface area contributed by atoms with E-state index in [9.17, 15) is 18.0 Å². The predicted molar refractivity (Wildman–Crippen MR) is 108 cm³/mol. The van der Waals surface area contributed by atoms with Crippen molar-refractivity contribution < 1.29 is 18.0 Å². The van der Waals surface area contributed by atoms with Crippen molar-refractivity contribution >= 4 is 23.2 Å². The summed E-state index contributed by atoms with van der Waals surface area (Å²) in [6.07, 6.45) is -2.47. The average Bonchev–Trinajstić information content (AvgIpc) is 3.18. The largest absolute Gasteiger partial charge is 0.434 e. The van der Waals surface area contributed by atoms with Crippen molar-refractivity contribution in [2.75, 3.05) is 13.6 Å². The van der Waals surface area contributed by atoms with Crippen molar-refractivity contribution in [3.05, 3.63) is 51.5 Å². The maximum absolute atomic E-state index is 12.6. The third-order valence-electron chi connectivity index (χ3n) is 3.96. The quantitative estimate of drug-likeness (QED) is 0.342. The number of rotatable bonds is 8. The summed E-state index contributed by atoms with van der Waals surface area (Å²) in [4.78, 5) is 19.6. The van der Waals surface area contributed by atoms with Crippen molar-refractivity contribution in [3.63, 3.8) is 0 Å². The number of aromatic nitrogens is 1. The first kappa shape index (κ1) is 22.7. The van der Waals surface area contributed by atoms with Crippen LogP contribution >= 0.6 is 11.3 Å². The van der Waals surface area contributed by atoms with Crippen molar-refractivity contribution in [2.24, 2.45) is 4.99 Å². The van der Waals surface area contributed by atoms with Gasteiger partial charge in [-0.3, -0.25) is 9.79 Å². The zero-order chi connectivity index (χ0) is 21.3. The number of unbranched alkanes of at least 4 members (excludes halogenated alkanes) is 1. The molecule has 0 spiro atoms. The Morgan fingerprint density at radius 1 is 1.14 bits per heavy atom. The van der Waals surface area contributed by atoms with Gasteiger partial charge in [-0.25, -0.2) is 4.98 Å². The molecular formula is C19H24F3N5OS. The molecule has 0 aliphatic carbocycles. The fraction of sp³-hybridized carbons (Fsp3) is 0.421. The van der Waals surface area contributed by atoms with Crippen molar-refractivity contribution in [1.29, 1.82) is 0 Å². The minimum atomic E-state index is -4.44. The number of aliphatic imine (C=N–C) groups is 1. The number of carbonyl (C=O) groups is 1. The van der Waals surface area contributed by atoms with Crippen molar-refractivity contribution in [2.45, 2.75) is 39.0 Å². The van der Waals surface area contributed by atoms with Gasteiger partial charge in [-0.1, -0.05) is 25.5 Å². The molecule has 0 bridgehead atoms. The number of hydrogen-bond acceptors (Lipinski definition) is 4. The first-order chi connectivity index (χ1) is 13.8. The molecule has 1 heterocycles. The molecule has 1 amide bonds. The molecule has 1 aromatic carbocycles. The summed E-state index contributed by atoms with van der Waals surface area (Å²) in [5.41, 5.74) is 0.643. The highest BCUT2D eigenvalue weighted by Crippen LogP contribution is 2.29. The van der Waals surface area contributed by atoms with Gasteiger partial charge in [0.2, 0.25) is 0 Å². The Morgan fingerprint density at radius 2 is 1.83 bits per heavy atom. The van der Waals surface area contributed by atoms with Gasteiger partial charge in [0, 0.05) is 31.1 Å². The zero-order valence-corrected chi connectivity index (χ0v) is 17.1. The SMILES string of the molecule is CCCCNC(=O)c1ccc(CNC(=NC)NCc2nc(C(F)(F)F)cs2)cc1. The molecule has 0 saturated heterocycles. The molecule has 0 unspecified atom stereocenters. The molecule has 1 aromatic heterocycles. The van der Waals surface area contributed by atoms with Gasteiger partial charge in [-0.05, 0) is 24.1 Å². The van der Waals surface area contributed by atoms with E-state index in [0.717, 1.165) is 35.1 Å². The molecule has 158 valence electrons. The van der Waals surface area contributed by atoms with Gasteiger partial charge in [-0.15, -0.1) is 11.3 Å². The molecule has 2 rings (SSSR count). The molecular weight excluding hydrogens is 403 g/mol. The maximum atomic E-state index is 12.6. The smallest absolute Gasteiger partial charge is 0.352 e. The summed E-state index contributed by atoms with van der Waals surface area (Å²) in [7, 11) is 1.57. The number of thiazole rings is 1. The van der Waals surface area contributed by atoms with Crippen molar-refractivity contribution in [1.82, 2.24) is 20.9 Å². The lowest BCUT2D eigenvalue weighted by Crippen LogP contribution is -2.36. The van der Waals surface area contributed by atoms with Crippen LogP contribution in [-0.4, -0.2) is 30.4 Å². The molecule has 0 radical (unpaired) electrons. The first-order valence-corrected chi connectivity index (χ1v) is 10.0. The van der Waals surface area contributed by atoms with Gasteiger partial charge in [0.05, 0.1) is 6.54 Å². The summed E-state index contributed by atoms with van der Waals surface area (Å²) in [6, 6.07) is 7.18. The lowest BCUT2D eigenvalue weighted by Gasteiger charge is -2.11. The van der Waals surface area contributed by atoms with Gasteiger partial charge in [0.25, 0.3) is 5.91 Å². The van der Waals surface area contributed by atoms with E-state index in [4.69, 9.17) is 0 Å². The highest BCUT2D eigenvalue weighted by molar-refractivity contribution is 7.09. The molecule has 29 heavy (non-hydrogen) atoms. The Hall–Kier alpha value is -2.62. The molecule has 6 nitrogen and oxygen atoms in total. The van der Waals surface area contributed by atoms with E-state index in [1.807, 2.05) is 12.1 Å². The van der Waals surface area contributed by atoms with Crippen LogP contribution in [0.25, 0.3) is 0 Å². The van der Waals surface area contributed by atoms with Gasteiger partial charge >= 0.3 is 6.18 Å². The summed E-state index contributed by atoms with van der Waals surface area (Å²) < 4.78 is 37.8. The van der Waals surface area contributed by atoms with Crippen LogP contribution in [0, 0.1) is 0 Å². The van der Waals surface area contributed by atoms with Crippen LogP contribution in [0.2, 0.25) is 0 Å². The Balaban J connectivity index is 1.81. The fourth-order valence-electron chi connectivity index (χ4n) is 2.34. The maximum Gasteiger partial charge on any atom is 0.434 e. The number of nitrogens with zero attached hydrogens (tertiary/aromatic N) is 2. The summed E-state index contributed by atoms with van der Waals surface area (Å²) in [5.74, 6) is 0.340. The standard InChI is InChI=1S/C19H24F3N5OS/c1-3-4-9-24-17(28)14-7-5-13(6-8-14)10-25-18(23-2)26-11-16-27-15(12-29-16)19(20,21)22/h5-8,12H,3-4,9-11H2,1-2H3,(H,24,28)(H2,23,25,26). The number of amides is 1. The van der Waals surface area contributed by atoms with E-state index in [-0.39, 0.29) is 12.5 Å². The second kappa shape index (κ2) is 10.8. The van der Waals surface area contributed by atoms with Crippen LogP contribution < -0.4 is 16.0 Å². The Kier molecular flexibility index (Phi) is 8.44. The highest BCUT2D eigenvalue weighted by Gasteiger charge is 2.33. The topological polar surface area (TPSA) is 78.4 Å². The monoisotopic (exact) mass is 427 g/mol. The van der Waals surface area contributed by atoms with Gasteiger partial charge in [-0.2, -0.15) is 13.2 Å². The summed E-state index contributed by atoms with van der Waals surface area (Å²) in [6.45, 7) is 3.30. The number of nitrogens with one attached hydrogen (secondary N) is 3. The number of carbonyl (C=O) groups excluding carboxylic acids is 1. The molecule has 0 saturated carbocycles. The third kappa shape index (κ3) is 7.37. The predicted octanol–water partition coefficient (Wildman–Crippen LogP) is 3.56. The minimum Gasteiger partial charge on any atom is -0.352 e. The Morgan fingerprint density at radius 3 is 2.41 bits per heavy atom. The summed E-state index contributed by atoms with van der Waals surface area (Å²) in [5, 5.41) is 10.2. The number of benzene rings is 1. The molecule has 0 fully saturated rings. The second-order valence-electron chi connectivity index (χ2n) is 6.21. The number of alkyl halides is 3. The fourth-order valence-corrected chi connectivity index (χ4v) is 3.08. The minimum absolute atomic E-state index is 0.0999. The van der Waals surface area contributed by atoms with E-state index in [0.29, 0.717) is 29.6 Å². The lowest BCUT2D eigenvalue weighted by molar-refractivity contribution is -0.140. The van der Waals surface area contributed by atoms with E-state index in [1.54, 1.807) is 19.2 Å². The van der Waals surface area contributed by atoms with Crippen molar-refractivity contribution in [3.8, 4) is 0 Å². The molecule has 0 aliphatic heterocycles. The van der Waals surface area contributed by atoms with E-state index in [2.05, 4.69) is 32.9 Å². The Bertz CT molecular complexity index is 818. The summed E-state index contributed by atoms with van der Waals surface area (Å²) >= 11 is 0.940. The van der Waals surface area contributed by atoms with Crippen LogP contribution in [0.4, 0.5) is 13.2 Å². The van der Waals surface area contributed by atoms with Crippen LogP contribution in [0.15, 0.2) is 34.6 Å². The third-order valence-corrected chi connectivity index (χ3v) is 4.81. The van der Waals surface area contributed by atoms with Crippen LogP contribution in [-0.2, 0) is 19.3 Å². The first-order valence-electron chi connectivity index (χ1n) is 9.16. The van der Waals surface area contributed by atoms with Crippen LogP contribution in [0.3, 0.4) is 0 Å². The highest BCUT2D eigenvalue weighted by atomic mass is 32.1. The number of halogens is 3. The number of guanidine groups is 1. The normalized spacial score (nSPS) is 12.0. The molecule has 0 atom stereocenters. The van der Waals surface area contributed by atoms with Crippen LogP contribution in [0.1, 0.15) is 46.4 Å². The van der Waals surface area contributed by atoms with E-state index in [1.165, 1.54) is 0 Å². The van der Waals surface area contributed by atoms with Gasteiger partial charge in [0.1, 0.15) is 5.01 Å². The average molecular weight is 427 g/mol.